The van der Waals surface area contributed by atoms with Gasteiger partial charge in [-0.3, -0.25) is 9.78 Å². The largest absolute Gasteiger partial charge is 0.573 e. The molecular formula is C11H10F4INO3. The lowest BCUT2D eigenvalue weighted by atomic mass is 10.2. The summed E-state index contributed by atoms with van der Waals surface area (Å²) in [6, 6.07) is 1.12. The highest BCUT2D eigenvalue weighted by Gasteiger charge is 2.34. The molecular weight excluding hydrogens is 397 g/mol. The van der Waals surface area contributed by atoms with Gasteiger partial charge in [-0.25, -0.2) is 4.39 Å². The topological polar surface area (TPSA) is 48.4 Å². The Balaban J connectivity index is 3.15. The molecule has 0 fully saturated rings. The van der Waals surface area contributed by atoms with Gasteiger partial charge in [0.05, 0.1) is 28.0 Å². The van der Waals surface area contributed by atoms with Crippen molar-refractivity contribution in [1.82, 2.24) is 4.98 Å². The Morgan fingerprint density at radius 1 is 1.45 bits per heavy atom. The second-order valence-corrected chi connectivity index (χ2v) is 4.70. The van der Waals surface area contributed by atoms with Crippen LogP contribution in [0, 0.1) is 3.57 Å². The summed E-state index contributed by atoms with van der Waals surface area (Å²) >= 11 is 1.56. The molecule has 0 atom stereocenters. The molecule has 4 nitrogen and oxygen atoms in total. The summed E-state index contributed by atoms with van der Waals surface area (Å²) in [4.78, 5) is 15.0. The Labute approximate surface area is 125 Å². The maximum atomic E-state index is 12.6. The minimum Gasteiger partial charge on any atom is -0.466 e. The van der Waals surface area contributed by atoms with Crippen LogP contribution >= 0.6 is 22.6 Å². The SMILES string of the molecule is CCOC(=O)Cc1nc(CF)cc(I)c1OC(F)(F)F. The van der Waals surface area contributed by atoms with Crippen LogP contribution in [-0.4, -0.2) is 23.9 Å². The Hall–Kier alpha value is -1.13. The number of carbonyl (C=O) groups is 1. The first kappa shape index (κ1) is 16.9. The maximum Gasteiger partial charge on any atom is 0.573 e. The molecule has 0 aliphatic carbocycles. The molecule has 1 rings (SSSR count). The van der Waals surface area contributed by atoms with Gasteiger partial charge in [0.15, 0.2) is 5.75 Å². The smallest absolute Gasteiger partial charge is 0.466 e. The molecule has 0 unspecified atom stereocenters. The van der Waals surface area contributed by atoms with E-state index in [2.05, 4.69) is 14.5 Å². The van der Waals surface area contributed by atoms with Crippen LogP contribution in [0.25, 0.3) is 0 Å². The average molecular weight is 407 g/mol. The van der Waals surface area contributed by atoms with E-state index in [4.69, 9.17) is 0 Å². The summed E-state index contributed by atoms with van der Waals surface area (Å²) in [6.45, 7) is 0.673. The number of ether oxygens (including phenoxy) is 2. The van der Waals surface area contributed by atoms with Crippen LogP contribution in [0.1, 0.15) is 18.3 Å². The van der Waals surface area contributed by atoms with E-state index >= 15 is 0 Å². The summed E-state index contributed by atoms with van der Waals surface area (Å²) in [5.74, 6) is -1.37. The van der Waals surface area contributed by atoms with Crippen molar-refractivity contribution in [2.24, 2.45) is 0 Å². The van der Waals surface area contributed by atoms with Crippen molar-refractivity contribution >= 4 is 28.6 Å². The van der Waals surface area contributed by atoms with Gasteiger partial charge < -0.3 is 9.47 Å². The normalized spacial score (nSPS) is 11.3. The van der Waals surface area contributed by atoms with Crippen LogP contribution in [0.15, 0.2) is 6.07 Å². The predicted molar refractivity (Wildman–Crippen MR) is 68.8 cm³/mol. The fourth-order valence-electron chi connectivity index (χ4n) is 1.37. The van der Waals surface area contributed by atoms with E-state index in [0.29, 0.717) is 0 Å². The van der Waals surface area contributed by atoms with Crippen molar-refractivity contribution in [3.8, 4) is 5.75 Å². The van der Waals surface area contributed by atoms with Gasteiger partial charge in [0, 0.05) is 0 Å². The summed E-state index contributed by atoms with van der Waals surface area (Å²) in [5.41, 5.74) is -0.386. The highest BCUT2D eigenvalue weighted by Crippen LogP contribution is 2.31. The Morgan fingerprint density at radius 2 is 2.10 bits per heavy atom. The van der Waals surface area contributed by atoms with Gasteiger partial charge in [-0.2, -0.15) is 0 Å². The number of hydrogen-bond donors (Lipinski definition) is 0. The molecule has 0 spiro atoms. The molecule has 0 saturated carbocycles. The Bertz CT molecular complexity index is 493. The highest BCUT2D eigenvalue weighted by atomic mass is 127. The Morgan fingerprint density at radius 3 is 2.60 bits per heavy atom. The van der Waals surface area contributed by atoms with Crippen LogP contribution < -0.4 is 4.74 Å². The number of rotatable bonds is 5. The zero-order chi connectivity index (χ0) is 15.3. The number of aromatic nitrogens is 1. The van der Waals surface area contributed by atoms with Crippen molar-refractivity contribution in [2.45, 2.75) is 26.4 Å². The van der Waals surface area contributed by atoms with Crippen LogP contribution in [-0.2, 0) is 22.6 Å². The molecule has 0 aliphatic heterocycles. The summed E-state index contributed by atoms with van der Waals surface area (Å²) in [5, 5.41) is 0. The second-order valence-electron chi connectivity index (χ2n) is 3.53. The average Bonchev–Trinajstić information content (AvgIpc) is 2.32. The van der Waals surface area contributed by atoms with Crippen LogP contribution in [0.4, 0.5) is 17.6 Å². The first-order chi connectivity index (χ1) is 9.26. The minimum atomic E-state index is -4.93. The fourth-order valence-corrected chi connectivity index (χ4v) is 2.15. The quantitative estimate of drug-likeness (QED) is 0.428. The number of carbonyl (C=O) groups excluding carboxylic acids is 1. The fraction of sp³-hybridized carbons (Fsp3) is 0.455. The van der Waals surface area contributed by atoms with Crippen LogP contribution in [0.3, 0.4) is 0 Å². The zero-order valence-corrected chi connectivity index (χ0v) is 12.4. The lowest BCUT2D eigenvalue weighted by molar-refractivity contribution is -0.275. The number of halogens is 5. The summed E-state index contributed by atoms with van der Waals surface area (Å²) in [6.07, 6.45) is -5.45. The Kier molecular flexibility index (Phi) is 5.96. The van der Waals surface area contributed by atoms with Gasteiger partial charge in [0.1, 0.15) is 6.67 Å². The van der Waals surface area contributed by atoms with Crippen molar-refractivity contribution in [2.75, 3.05) is 6.61 Å². The zero-order valence-electron chi connectivity index (χ0n) is 10.3. The van der Waals surface area contributed by atoms with E-state index in [1.165, 1.54) is 0 Å². The molecule has 0 amide bonds. The van der Waals surface area contributed by atoms with Gasteiger partial charge in [-0.05, 0) is 35.6 Å². The third kappa shape index (κ3) is 5.10. The van der Waals surface area contributed by atoms with E-state index in [0.717, 1.165) is 6.07 Å². The maximum absolute atomic E-state index is 12.6. The van der Waals surface area contributed by atoms with Gasteiger partial charge >= 0.3 is 12.3 Å². The number of hydrogen-bond acceptors (Lipinski definition) is 4. The molecule has 0 saturated heterocycles. The number of esters is 1. The molecule has 9 heteroatoms. The van der Waals surface area contributed by atoms with Gasteiger partial charge in [0.2, 0.25) is 0 Å². The van der Waals surface area contributed by atoms with E-state index in [9.17, 15) is 22.4 Å². The first-order valence-electron chi connectivity index (χ1n) is 5.42. The molecule has 0 aromatic carbocycles. The van der Waals surface area contributed by atoms with Gasteiger partial charge in [-0.15, -0.1) is 13.2 Å². The predicted octanol–water partition coefficient (Wildman–Crippen LogP) is 3.16. The monoisotopic (exact) mass is 407 g/mol. The van der Waals surface area contributed by atoms with Crippen molar-refractivity contribution < 1.29 is 31.8 Å². The molecule has 1 heterocycles. The van der Waals surface area contributed by atoms with Crippen LogP contribution in [0.5, 0.6) is 5.75 Å². The number of alkyl halides is 4. The van der Waals surface area contributed by atoms with Crippen molar-refractivity contribution in [3.63, 3.8) is 0 Å². The van der Waals surface area contributed by atoms with Crippen LogP contribution in [0.2, 0.25) is 0 Å². The summed E-state index contributed by atoms with van der Waals surface area (Å²) in [7, 11) is 0. The molecule has 112 valence electrons. The highest BCUT2D eigenvalue weighted by molar-refractivity contribution is 14.1. The third-order valence-electron chi connectivity index (χ3n) is 2.02. The van der Waals surface area contributed by atoms with E-state index in [1.807, 2.05) is 0 Å². The molecule has 0 N–H and O–H groups in total. The van der Waals surface area contributed by atoms with E-state index < -0.39 is 31.2 Å². The van der Waals surface area contributed by atoms with E-state index in [1.54, 1.807) is 29.5 Å². The molecule has 1 aromatic rings. The molecule has 0 aliphatic rings. The number of pyridine rings is 1. The number of nitrogens with zero attached hydrogens (tertiary/aromatic N) is 1. The molecule has 0 radical (unpaired) electrons. The third-order valence-corrected chi connectivity index (χ3v) is 2.82. The molecule has 0 bridgehead atoms. The summed E-state index contributed by atoms with van der Waals surface area (Å²) < 4.78 is 58.1. The van der Waals surface area contributed by atoms with Crippen molar-refractivity contribution in [1.29, 1.82) is 0 Å². The molecule has 20 heavy (non-hydrogen) atoms. The van der Waals surface area contributed by atoms with Crippen molar-refractivity contribution in [3.05, 3.63) is 21.0 Å². The second kappa shape index (κ2) is 7.04. The first-order valence-corrected chi connectivity index (χ1v) is 6.50. The lowest BCUT2D eigenvalue weighted by Gasteiger charge is -2.15. The molecule has 1 aromatic heterocycles. The minimum absolute atomic E-state index is 0.0156. The van der Waals surface area contributed by atoms with E-state index in [-0.39, 0.29) is 21.6 Å². The lowest BCUT2D eigenvalue weighted by Crippen LogP contribution is -2.21. The standard InChI is InChI=1S/C11H10F4INO3/c1-2-19-9(18)4-8-10(20-11(13,14)15)7(16)3-6(5-12)17-8/h3H,2,4-5H2,1H3. The van der Waals surface area contributed by atoms with Gasteiger partial charge in [0.25, 0.3) is 0 Å². The van der Waals surface area contributed by atoms with Gasteiger partial charge in [-0.1, -0.05) is 0 Å².